The van der Waals surface area contributed by atoms with Gasteiger partial charge in [-0.15, -0.1) is 0 Å². The third-order valence-electron chi connectivity index (χ3n) is 5.33. The number of para-hydroxylation sites is 1. The highest BCUT2D eigenvalue weighted by molar-refractivity contribution is 5.85. The van der Waals surface area contributed by atoms with E-state index in [1.165, 1.54) is 0 Å². The van der Waals surface area contributed by atoms with Crippen LogP contribution in [0.25, 0.3) is 17.0 Å². The molecule has 7 nitrogen and oxygen atoms in total. The van der Waals surface area contributed by atoms with Gasteiger partial charge in [0.1, 0.15) is 22.8 Å². The lowest BCUT2D eigenvalue weighted by Gasteiger charge is -2.20. The van der Waals surface area contributed by atoms with Crippen LogP contribution in [0.3, 0.4) is 0 Å². The molecule has 1 aliphatic carbocycles. The number of allylic oxidation sites excluding steroid dienone is 1. The second-order valence-corrected chi connectivity index (χ2v) is 6.98. The van der Waals surface area contributed by atoms with E-state index in [4.69, 9.17) is 18.3 Å². The topological polar surface area (TPSA) is 99.1 Å². The van der Waals surface area contributed by atoms with Crippen molar-refractivity contribution in [2.45, 2.75) is 32.0 Å². The summed E-state index contributed by atoms with van der Waals surface area (Å²) < 4.78 is 22.6. The Morgan fingerprint density at radius 1 is 1.14 bits per heavy atom. The minimum absolute atomic E-state index is 0.0601. The highest BCUT2D eigenvalue weighted by atomic mass is 16.7. The third-order valence-corrected chi connectivity index (χ3v) is 5.33. The Bertz CT molecular complexity index is 1260. The standard InChI is InChI=1S/C22H18O7/c1-2-26-22-15(16-18(23)11-7-3-5-9-13(11)27-20(16)24)17-19(29-22)12-8-4-6-10-14(12)28-21(17)25/h3-4,6-8,10,15,22-23H,2,5,9H2,1H3. The molecule has 2 aromatic heterocycles. The summed E-state index contributed by atoms with van der Waals surface area (Å²) in [6.07, 6.45) is 3.89. The van der Waals surface area contributed by atoms with Crippen LogP contribution in [0.4, 0.5) is 0 Å². The first-order valence-electron chi connectivity index (χ1n) is 9.49. The number of aromatic hydroxyl groups is 1. The summed E-state index contributed by atoms with van der Waals surface area (Å²) >= 11 is 0. The highest BCUT2D eigenvalue weighted by Crippen LogP contribution is 2.46. The molecule has 0 bridgehead atoms. The third kappa shape index (κ3) is 2.61. The predicted molar refractivity (Wildman–Crippen MR) is 104 cm³/mol. The Kier molecular flexibility index (Phi) is 4.06. The predicted octanol–water partition coefficient (Wildman–Crippen LogP) is 3.30. The molecule has 2 unspecified atom stereocenters. The molecule has 7 heteroatoms. The van der Waals surface area contributed by atoms with Gasteiger partial charge in [0, 0.05) is 13.0 Å². The van der Waals surface area contributed by atoms with Crippen molar-refractivity contribution in [1.82, 2.24) is 0 Å². The fourth-order valence-corrected chi connectivity index (χ4v) is 4.07. The second-order valence-electron chi connectivity index (χ2n) is 6.98. The van der Waals surface area contributed by atoms with Crippen LogP contribution in [0, 0.1) is 0 Å². The quantitative estimate of drug-likeness (QED) is 0.681. The van der Waals surface area contributed by atoms with Crippen LogP contribution in [-0.2, 0) is 11.2 Å². The maximum atomic E-state index is 12.8. The second kappa shape index (κ2) is 6.63. The molecule has 0 fully saturated rings. The lowest BCUT2D eigenvalue weighted by molar-refractivity contribution is -0.0699. The Morgan fingerprint density at radius 2 is 1.93 bits per heavy atom. The summed E-state index contributed by atoms with van der Waals surface area (Å²) in [5.41, 5.74) is -0.454. The Balaban J connectivity index is 1.80. The fraction of sp³-hybridized carbons (Fsp3) is 0.273. The molecule has 0 amide bonds. The maximum Gasteiger partial charge on any atom is 0.344 e. The Hall–Kier alpha value is -3.32. The minimum Gasteiger partial charge on any atom is -0.507 e. The summed E-state index contributed by atoms with van der Waals surface area (Å²) in [6.45, 7) is 2.07. The van der Waals surface area contributed by atoms with Gasteiger partial charge in [-0.1, -0.05) is 24.3 Å². The Morgan fingerprint density at radius 3 is 2.76 bits per heavy atom. The van der Waals surface area contributed by atoms with E-state index in [1.54, 1.807) is 37.3 Å². The largest absolute Gasteiger partial charge is 0.507 e. The van der Waals surface area contributed by atoms with E-state index >= 15 is 0 Å². The molecule has 3 heterocycles. The van der Waals surface area contributed by atoms with Gasteiger partial charge in [0.2, 0.25) is 6.29 Å². The molecular formula is C22H18O7. The number of fused-ring (bicyclic) bond motifs is 4. The van der Waals surface area contributed by atoms with Gasteiger partial charge in [-0.05, 0) is 25.5 Å². The SMILES string of the molecule is CCOC1Oc2c(c(=O)oc3ccccc23)C1c1c(O)c2c(oc1=O)CCC=C2. The molecule has 3 aromatic rings. The fourth-order valence-electron chi connectivity index (χ4n) is 4.07. The molecule has 1 aromatic carbocycles. The Labute approximate surface area is 164 Å². The first-order valence-corrected chi connectivity index (χ1v) is 9.49. The van der Waals surface area contributed by atoms with Gasteiger partial charge in [-0.25, -0.2) is 9.59 Å². The smallest absolute Gasteiger partial charge is 0.344 e. The van der Waals surface area contributed by atoms with Crippen LogP contribution in [0.2, 0.25) is 0 Å². The number of rotatable bonds is 3. The lowest BCUT2D eigenvalue weighted by Crippen LogP contribution is -2.29. The van der Waals surface area contributed by atoms with E-state index in [1.807, 2.05) is 6.08 Å². The number of hydrogen-bond donors (Lipinski definition) is 1. The van der Waals surface area contributed by atoms with Gasteiger partial charge in [-0.2, -0.15) is 0 Å². The monoisotopic (exact) mass is 394 g/mol. The number of aryl methyl sites for hydroxylation is 1. The molecule has 0 saturated heterocycles. The first-order chi connectivity index (χ1) is 14.1. The summed E-state index contributed by atoms with van der Waals surface area (Å²) in [5.74, 6) is -0.461. The van der Waals surface area contributed by atoms with Crippen LogP contribution in [0.1, 0.15) is 41.7 Å². The van der Waals surface area contributed by atoms with E-state index in [0.29, 0.717) is 34.5 Å². The molecule has 148 valence electrons. The molecule has 0 radical (unpaired) electrons. The molecule has 1 N–H and O–H groups in total. The van der Waals surface area contributed by atoms with Crippen LogP contribution >= 0.6 is 0 Å². The molecule has 1 aliphatic heterocycles. The van der Waals surface area contributed by atoms with Crippen LogP contribution in [0.5, 0.6) is 11.5 Å². The average molecular weight is 394 g/mol. The summed E-state index contributed by atoms with van der Waals surface area (Å²) in [6, 6.07) is 6.98. The molecule has 29 heavy (non-hydrogen) atoms. The van der Waals surface area contributed by atoms with Crippen molar-refractivity contribution in [3.05, 3.63) is 73.6 Å². The van der Waals surface area contributed by atoms with E-state index in [2.05, 4.69) is 0 Å². The van der Waals surface area contributed by atoms with E-state index < -0.39 is 23.5 Å². The molecular weight excluding hydrogens is 376 g/mol. The van der Waals surface area contributed by atoms with Gasteiger partial charge in [-0.3, -0.25) is 0 Å². The molecule has 0 saturated carbocycles. The molecule has 5 rings (SSSR count). The van der Waals surface area contributed by atoms with E-state index in [-0.39, 0.29) is 23.5 Å². The van der Waals surface area contributed by atoms with E-state index in [0.717, 1.165) is 6.42 Å². The number of benzene rings is 1. The molecule has 2 atom stereocenters. The zero-order valence-electron chi connectivity index (χ0n) is 15.6. The van der Waals surface area contributed by atoms with Crippen LogP contribution in [0.15, 0.2) is 48.8 Å². The molecule has 0 spiro atoms. The van der Waals surface area contributed by atoms with E-state index in [9.17, 15) is 14.7 Å². The van der Waals surface area contributed by atoms with Crippen LogP contribution < -0.4 is 16.0 Å². The van der Waals surface area contributed by atoms with Gasteiger partial charge >= 0.3 is 11.3 Å². The lowest BCUT2D eigenvalue weighted by atomic mass is 9.90. The van der Waals surface area contributed by atoms with Crippen molar-refractivity contribution in [3.63, 3.8) is 0 Å². The van der Waals surface area contributed by atoms with Crippen molar-refractivity contribution >= 4 is 17.0 Å². The summed E-state index contributed by atoms with van der Waals surface area (Å²) in [4.78, 5) is 25.7. The number of ether oxygens (including phenoxy) is 2. The summed E-state index contributed by atoms with van der Waals surface area (Å²) in [5, 5.41) is 11.5. The number of hydrogen-bond acceptors (Lipinski definition) is 7. The highest BCUT2D eigenvalue weighted by Gasteiger charge is 2.44. The van der Waals surface area contributed by atoms with Gasteiger partial charge < -0.3 is 23.4 Å². The maximum absolute atomic E-state index is 12.8. The minimum atomic E-state index is -0.970. The zero-order valence-corrected chi connectivity index (χ0v) is 15.6. The van der Waals surface area contributed by atoms with Crippen LogP contribution in [-0.4, -0.2) is 18.0 Å². The van der Waals surface area contributed by atoms with Crippen molar-refractivity contribution in [1.29, 1.82) is 0 Å². The van der Waals surface area contributed by atoms with Crippen molar-refractivity contribution < 1.29 is 23.4 Å². The normalized spacial score (nSPS) is 19.8. The molecule has 2 aliphatic rings. The van der Waals surface area contributed by atoms with Crippen molar-refractivity contribution in [2.24, 2.45) is 0 Å². The van der Waals surface area contributed by atoms with Gasteiger partial charge in [0.25, 0.3) is 0 Å². The first kappa shape index (κ1) is 17.8. The van der Waals surface area contributed by atoms with Crippen molar-refractivity contribution in [2.75, 3.05) is 6.61 Å². The average Bonchev–Trinajstić information content (AvgIpc) is 3.08. The zero-order chi connectivity index (χ0) is 20.1. The van der Waals surface area contributed by atoms with Gasteiger partial charge in [0.05, 0.1) is 28.0 Å². The van der Waals surface area contributed by atoms with Gasteiger partial charge in [0.15, 0.2) is 0 Å². The van der Waals surface area contributed by atoms with Crippen molar-refractivity contribution in [3.8, 4) is 11.5 Å². The summed E-state index contributed by atoms with van der Waals surface area (Å²) in [7, 11) is 0.